The lowest BCUT2D eigenvalue weighted by molar-refractivity contribution is 0.455. The predicted molar refractivity (Wildman–Crippen MR) is 92.4 cm³/mol. The van der Waals surface area contributed by atoms with E-state index in [4.69, 9.17) is 4.98 Å². The average molecular weight is 327 g/mol. The highest BCUT2D eigenvalue weighted by Crippen LogP contribution is 2.38. The van der Waals surface area contributed by atoms with E-state index in [1.165, 1.54) is 22.5 Å². The van der Waals surface area contributed by atoms with Crippen molar-refractivity contribution in [2.45, 2.75) is 25.7 Å². The number of aromatic nitrogens is 2. The minimum absolute atomic E-state index is 0.208. The van der Waals surface area contributed by atoms with Crippen LogP contribution < -0.4 is 5.32 Å². The molecule has 3 heterocycles. The Labute approximate surface area is 138 Å². The maximum Gasteiger partial charge on any atom is 0.126 e. The number of rotatable bonds is 2. The molecule has 1 aromatic carbocycles. The third-order valence-corrected chi connectivity index (χ3v) is 5.56. The molecule has 0 saturated carbocycles. The smallest absolute Gasteiger partial charge is 0.126 e. The van der Waals surface area contributed by atoms with Gasteiger partial charge in [0.25, 0.3) is 0 Å². The molecule has 3 aromatic rings. The number of nitrogens with zero attached hydrogens (tertiary/aromatic N) is 2. The van der Waals surface area contributed by atoms with E-state index in [0.29, 0.717) is 5.92 Å². The highest BCUT2D eigenvalue weighted by Gasteiger charge is 2.21. The fourth-order valence-electron chi connectivity index (χ4n) is 3.20. The largest absolute Gasteiger partial charge is 0.317 e. The van der Waals surface area contributed by atoms with Crippen LogP contribution in [0, 0.1) is 12.7 Å². The number of nitrogens with one attached hydrogen (secondary N) is 1. The van der Waals surface area contributed by atoms with Crippen molar-refractivity contribution < 1.29 is 4.39 Å². The molecule has 0 spiro atoms. The molecular formula is C18H18FN3S. The van der Waals surface area contributed by atoms with Crippen molar-refractivity contribution in [3.8, 4) is 10.4 Å². The van der Waals surface area contributed by atoms with Crippen molar-refractivity contribution in [3.63, 3.8) is 0 Å². The SMILES string of the molecule is Cc1nc(C2CCNCC2)c2sc(-c3ccc(F)cc3)cc2n1. The summed E-state index contributed by atoms with van der Waals surface area (Å²) in [4.78, 5) is 10.5. The van der Waals surface area contributed by atoms with Crippen LogP contribution in [0.1, 0.15) is 30.3 Å². The second-order valence-corrected chi connectivity index (χ2v) is 7.06. The second-order valence-electron chi connectivity index (χ2n) is 6.01. The van der Waals surface area contributed by atoms with Crippen molar-refractivity contribution in [1.82, 2.24) is 15.3 Å². The van der Waals surface area contributed by atoms with Gasteiger partial charge < -0.3 is 5.32 Å². The molecule has 5 heteroatoms. The Morgan fingerprint density at radius 1 is 1.13 bits per heavy atom. The molecule has 0 radical (unpaired) electrons. The quantitative estimate of drug-likeness (QED) is 0.764. The van der Waals surface area contributed by atoms with Crippen molar-refractivity contribution in [2.24, 2.45) is 0 Å². The van der Waals surface area contributed by atoms with Gasteiger partial charge in [-0.05, 0) is 56.6 Å². The van der Waals surface area contributed by atoms with Crippen molar-refractivity contribution in [2.75, 3.05) is 13.1 Å². The lowest BCUT2D eigenvalue weighted by Crippen LogP contribution is -2.27. The highest BCUT2D eigenvalue weighted by atomic mass is 32.1. The molecule has 0 atom stereocenters. The van der Waals surface area contributed by atoms with Gasteiger partial charge >= 0.3 is 0 Å². The zero-order valence-corrected chi connectivity index (χ0v) is 13.8. The van der Waals surface area contributed by atoms with E-state index in [9.17, 15) is 4.39 Å². The molecule has 1 saturated heterocycles. The van der Waals surface area contributed by atoms with Crippen molar-refractivity contribution in [1.29, 1.82) is 0 Å². The molecule has 4 rings (SSSR count). The van der Waals surface area contributed by atoms with Crippen LogP contribution in [-0.2, 0) is 0 Å². The van der Waals surface area contributed by atoms with Gasteiger partial charge in [0.15, 0.2) is 0 Å². The first-order valence-electron chi connectivity index (χ1n) is 7.95. The van der Waals surface area contributed by atoms with E-state index in [2.05, 4.69) is 16.4 Å². The second kappa shape index (κ2) is 5.98. The molecule has 1 aliphatic heterocycles. The Balaban J connectivity index is 1.82. The summed E-state index contributed by atoms with van der Waals surface area (Å²) in [6.45, 7) is 4.05. The van der Waals surface area contributed by atoms with Crippen LogP contribution in [0.3, 0.4) is 0 Å². The summed E-state index contributed by atoms with van der Waals surface area (Å²) in [5.74, 6) is 1.12. The number of halogens is 1. The van der Waals surface area contributed by atoms with Crippen molar-refractivity contribution in [3.05, 3.63) is 47.7 Å². The molecule has 1 N–H and O–H groups in total. The van der Waals surface area contributed by atoms with Crippen LogP contribution in [0.15, 0.2) is 30.3 Å². The van der Waals surface area contributed by atoms with Crippen LogP contribution >= 0.6 is 11.3 Å². The van der Waals surface area contributed by atoms with Gasteiger partial charge in [0.05, 0.1) is 15.9 Å². The maximum atomic E-state index is 13.1. The first-order valence-corrected chi connectivity index (χ1v) is 8.77. The van der Waals surface area contributed by atoms with Gasteiger partial charge in [-0.3, -0.25) is 0 Å². The normalized spacial score (nSPS) is 16.1. The third kappa shape index (κ3) is 2.86. The van der Waals surface area contributed by atoms with E-state index >= 15 is 0 Å². The summed E-state index contributed by atoms with van der Waals surface area (Å²) in [5.41, 5.74) is 3.23. The van der Waals surface area contributed by atoms with Crippen molar-refractivity contribution >= 4 is 21.6 Å². The first kappa shape index (κ1) is 14.7. The van der Waals surface area contributed by atoms with Gasteiger partial charge in [-0.2, -0.15) is 0 Å². The van der Waals surface area contributed by atoms with E-state index < -0.39 is 0 Å². The summed E-state index contributed by atoms with van der Waals surface area (Å²) in [7, 11) is 0. The number of thiophene rings is 1. The Hall–Kier alpha value is -1.85. The highest BCUT2D eigenvalue weighted by molar-refractivity contribution is 7.22. The predicted octanol–water partition coefficient (Wildman–Crippen LogP) is 4.27. The Bertz CT molecular complexity index is 835. The standard InChI is InChI=1S/C18H18FN3S/c1-11-21-15-10-16(12-2-4-14(19)5-3-12)23-18(15)17(22-11)13-6-8-20-9-7-13/h2-5,10,13,20H,6-9H2,1H3. The van der Waals surface area contributed by atoms with E-state index in [0.717, 1.165) is 47.7 Å². The van der Waals surface area contributed by atoms with E-state index in [1.807, 2.05) is 19.1 Å². The summed E-state index contributed by atoms with van der Waals surface area (Å²) in [5, 5.41) is 3.41. The summed E-state index contributed by atoms with van der Waals surface area (Å²) >= 11 is 1.72. The zero-order chi connectivity index (χ0) is 15.8. The molecule has 23 heavy (non-hydrogen) atoms. The van der Waals surface area contributed by atoms with Gasteiger partial charge in [0.1, 0.15) is 11.6 Å². The number of piperidine rings is 1. The van der Waals surface area contributed by atoms with Gasteiger partial charge in [-0.25, -0.2) is 14.4 Å². The molecule has 3 nitrogen and oxygen atoms in total. The number of hydrogen-bond donors (Lipinski definition) is 1. The van der Waals surface area contributed by atoms with E-state index in [1.54, 1.807) is 11.3 Å². The minimum atomic E-state index is -0.208. The van der Waals surface area contributed by atoms with Gasteiger partial charge in [-0.1, -0.05) is 12.1 Å². The van der Waals surface area contributed by atoms with Crippen LogP contribution in [0.4, 0.5) is 4.39 Å². The Morgan fingerprint density at radius 3 is 2.61 bits per heavy atom. The number of fused-ring (bicyclic) bond motifs is 1. The topological polar surface area (TPSA) is 37.8 Å². The lowest BCUT2D eigenvalue weighted by atomic mass is 9.94. The van der Waals surface area contributed by atoms with Crippen LogP contribution in [0.5, 0.6) is 0 Å². The first-order chi connectivity index (χ1) is 11.2. The molecule has 0 amide bonds. The monoisotopic (exact) mass is 327 g/mol. The lowest BCUT2D eigenvalue weighted by Gasteiger charge is -2.22. The average Bonchev–Trinajstić information content (AvgIpc) is 2.99. The summed E-state index contributed by atoms with van der Waals surface area (Å²) < 4.78 is 14.3. The maximum absolute atomic E-state index is 13.1. The minimum Gasteiger partial charge on any atom is -0.317 e. The molecule has 0 bridgehead atoms. The number of benzene rings is 1. The fraction of sp³-hybridized carbons (Fsp3) is 0.333. The number of aryl methyl sites for hydroxylation is 1. The van der Waals surface area contributed by atoms with Gasteiger partial charge in [0.2, 0.25) is 0 Å². The third-order valence-electron chi connectivity index (χ3n) is 4.36. The molecule has 2 aromatic heterocycles. The number of hydrogen-bond acceptors (Lipinski definition) is 4. The van der Waals surface area contributed by atoms with Gasteiger partial charge in [-0.15, -0.1) is 11.3 Å². The molecule has 118 valence electrons. The summed E-state index contributed by atoms with van der Waals surface area (Å²) in [6.07, 6.45) is 2.24. The molecular weight excluding hydrogens is 309 g/mol. The van der Waals surface area contributed by atoms with Crippen LogP contribution in [0.2, 0.25) is 0 Å². The Morgan fingerprint density at radius 2 is 1.87 bits per heavy atom. The fourth-order valence-corrected chi connectivity index (χ4v) is 4.37. The zero-order valence-electron chi connectivity index (χ0n) is 13.0. The van der Waals surface area contributed by atoms with Crippen LogP contribution in [0.25, 0.3) is 20.7 Å². The molecule has 1 aliphatic rings. The Kier molecular flexibility index (Phi) is 3.83. The molecule has 1 fully saturated rings. The van der Waals surface area contributed by atoms with Gasteiger partial charge in [0, 0.05) is 10.8 Å². The van der Waals surface area contributed by atoms with E-state index in [-0.39, 0.29) is 5.82 Å². The molecule has 0 aliphatic carbocycles. The van der Waals surface area contributed by atoms with Crippen LogP contribution in [-0.4, -0.2) is 23.1 Å². The summed E-state index contributed by atoms with van der Waals surface area (Å²) in [6, 6.07) is 8.76. The molecule has 0 unspecified atom stereocenters.